The lowest BCUT2D eigenvalue weighted by molar-refractivity contribution is 0.172. The summed E-state index contributed by atoms with van der Waals surface area (Å²) in [5, 5.41) is 13.2. The Kier molecular flexibility index (Phi) is 2.20. The summed E-state index contributed by atoms with van der Waals surface area (Å²) in [5.74, 6) is 0. The predicted molar refractivity (Wildman–Crippen MR) is 49.0 cm³/mol. The second-order valence-corrected chi connectivity index (χ2v) is 3.76. The van der Waals surface area contributed by atoms with Crippen molar-refractivity contribution in [3.05, 3.63) is 11.1 Å². The van der Waals surface area contributed by atoms with E-state index in [-0.39, 0.29) is 6.10 Å². The number of allylic oxidation sites excluding steroid dienone is 1. The minimum absolute atomic E-state index is 0.145. The molecule has 2 aliphatic rings. The monoisotopic (exact) mass is 167 g/mol. The van der Waals surface area contributed by atoms with Crippen molar-refractivity contribution in [2.75, 3.05) is 6.54 Å². The molecule has 2 heteroatoms. The fourth-order valence-electron chi connectivity index (χ4n) is 2.48. The molecule has 0 aromatic carbocycles. The van der Waals surface area contributed by atoms with E-state index in [1.165, 1.54) is 24.0 Å². The Morgan fingerprint density at radius 2 is 2.33 bits per heavy atom. The van der Waals surface area contributed by atoms with Crippen LogP contribution in [0.1, 0.15) is 32.6 Å². The average molecular weight is 167 g/mol. The van der Waals surface area contributed by atoms with Crippen LogP contribution in [0.2, 0.25) is 0 Å². The van der Waals surface area contributed by atoms with Gasteiger partial charge in [-0.25, -0.2) is 0 Å². The van der Waals surface area contributed by atoms with E-state index in [0.29, 0.717) is 6.04 Å². The van der Waals surface area contributed by atoms with Crippen LogP contribution in [0.15, 0.2) is 11.1 Å². The fourth-order valence-corrected chi connectivity index (χ4v) is 2.48. The van der Waals surface area contributed by atoms with Crippen molar-refractivity contribution in [1.82, 2.24) is 5.32 Å². The van der Waals surface area contributed by atoms with E-state index < -0.39 is 0 Å². The molecule has 2 rings (SSSR count). The van der Waals surface area contributed by atoms with Gasteiger partial charge in [0.05, 0.1) is 6.10 Å². The van der Waals surface area contributed by atoms with E-state index in [1.807, 2.05) is 0 Å². The van der Waals surface area contributed by atoms with Crippen molar-refractivity contribution in [1.29, 1.82) is 0 Å². The van der Waals surface area contributed by atoms with Crippen molar-refractivity contribution < 1.29 is 5.11 Å². The number of aliphatic hydroxyl groups is 1. The van der Waals surface area contributed by atoms with Gasteiger partial charge < -0.3 is 10.4 Å². The molecule has 0 aromatic rings. The van der Waals surface area contributed by atoms with Crippen molar-refractivity contribution in [3.63, 3.8) is 0 Å². The highest BCUT2D eigenvalue weighted by molar-refractivity contribution is 5.30. The quantitative estimate of drug-likeness (QED) is 0.575. The molecule has 2 nitrogen and oxygen atoms in total. The van der Waals surface area contributed by atoms with Crippen LogP contribution in [0, 0.1) is 0 Å². The molecule has 0 aromatic heterocycles. The van der Waals surface area contributed by atoms with Crippen LogP contribution in [0.25, 0.3) is 0 Å². The highest BCUT2D eigenvalue weighted by Gasteiger charge is 2.31. The van der Waals surface area contributed by atoms with Crippen LogP contribution in [-0.4, -0.2) is 23.8 Å². The highest BCUT2D eigenvalue weighted by atomic mass is 16.3. The van der Waals surface area contributed by atoms with E-state index in [0.717, 1.165) is 19.4 Å². The SMILES string of the molecule is CCC1=C2C(O)CCNC2CC1. The van der Waals surface area contributed by atoms with E-state index in [9.17, 15) is 5.11 Å². The lowest BCUT2D eigenvalue weighted by Crippen LogP contribution is -2.40. The Morgan fingerprint density at radius 1 is 1.50 bits per heavy atom. The number of hydrogen-bond acceptors (Lipinski definition) is 2. The first kappa shape index (κ1) is 8.27. The molecule has 12 heavy (non-hydrogen) atoms. The largest absolute Gasteiger partial charge is 0.389 e. The van der Waals surface area contributed by atoms with Crippen LogP contribution in [0.4, 0.5) is 0 Å². The molecule has 68 valence electrons. The van der Waals surface area contributed by atoms with E-state index in [4.69, 9.17) is 0 Å². The summed E-state index contributed by atoms with van der Waals surface area (Å²) in [6.07, 6.45) is 4.27. The zero-order valence-corrected chi connectivity index (χ0v) is 7.64. The van der Waals surface area contributed by atoms with Crippen LogP contribution < -0.4 is 5.32 Å². The summed E-state index contributed by atoms with van der Waals surface area (Å²) < 4.78 is 0. The van der Waals surface area contributed by atoms with Gasteiger partial charge in [-0.15, -0.1) is 0 Å². The first-order valence-electron chi connectivity index (χ1n) is 4.96. The first-order chi connectivity index (χ1) is 5.83. The summed E-state index contributed by atoms with van der Waals surface area (Å²) >= 11 is 0. The van der Waals surface area contributed by atoms with Gasteiger partial charge in [0.2, 0.25) is 0 Å². The van der Waals surface area contributed by atoms with E-state index in [2.05, 4.69) is 12.2 Å². The zero-order chi connectivity index (χ0) is 8.55. The molecule has 2 unspecified atom stereocenters. The van der Waals surface area contributed by atoms with Crippen molar-refractivity contribution in [2.24, 2.45) is 0 Å². The molecule has 2 atom stereocenters. The third kappa shape index (κ3) is 1.19. The van der Waals surface area contributed by atoms with Gasteiger partial charge in [0.25, 0.3) is 0 Å². The molecule has 0 saturated carbocycles. The minimum atomic E-state index is -0.145. The van der Waals surface area contributed by atoms with Crippen molar-refractivity contribution in [3.8, 4) is 0 Å². The maximum atomic E-state index is 9.78. The van der Waals surface area contributed by atoms with Gasteiger partial charge in [0.15, 0.2) is 0 Å². The molecule has 2 N–H and O–H groups in total. The van der Waals surface area contributed by atoms with Gasteiger partial charge in [0, 0.05) is 6.04 Å². The summed E-state index contributed by atoms with van der Waals surface area (Å²) in [4.78, 5) is 0. The molecule has 1 heterocycles. The van der Waals surface area contributed by atoms with Gasteiger partial charge in [-0.05, 0) is 37.8 Å². The van der Waals surface area contributed by atoms with E-state index >= 15 is 0 Å². The molecule has 0 radical (unpaired) electrons. The van der Waals surface area contributed by atoms with Crippen molar-refractivity contribution >= 4 is 0 Å². The van der Waals surface area contributed by atoms with Crippen LogP contribution in [0.5, 0.6) is 0 Å². The Labute approximate surface area is 73.7 Å². The van der Waals surface area contributed by atoms with Crippen LogP contribution in [0.3, 0.4) is 0 Å². The van der Waals surface area contributed by atoms with Crippen LogP contribution in [-0.2, 0) is 0 Å². The lowest BCUT2D eigenvalue weighted by atomic mass is 9.95. The van der Waals surface area contributed by atoms with Gasteiger partial charge >= 0.3 is 0 Å². The molecule has 0 spiro atoms. The van der Waals surface area contributed by atoms with Gasteiger partial charge in [-0.1, -0.05) is 12.5 Å². The maximum absolute atomic E-state index is 9.78. The Balaban J connectivity index is 2.23. The summed E-state index contributed by atoms with van der Waals surface area (Å²) in [6.45, 7) is 3.17. The molecule has 0 bridgehead atoms. The van der Waals surface area contributed by atoms with Crippen molar-refractivity contribution in [2.45, 2.75) is 44.8 Å². The molecule has 0 amide bonds. The molecular formula is C10H17NO. The Morgan fingerprint density at radius 3 is 3.08 bits per heavy atom. The Hall–Kier alpha value is -0.340. The number of rotatable bonds is 1. The standard InChI is InChI=1S/C10H17NO/c1-2-7-3-4-8-10(7)9(12)5-6-11-8/h8-9,11-12H,2-6H2,1H3. The molecule has 1 aliphatic carbocycles. The molecule has 1 saturated heterocycles. The third-order valence-electron chi connectivity index (χ3n) is 3.11. The third-order valence-corrected chi connectivity index (χ3v) is 3.11. The minimum Gasteiger partial charge on any atom is -0.389 e. The summed E-state index contributed by atoms with van der Waals surface area (Å²) in [7, 11) is 0. The fraction of sp³-hybridized carbons (Fsp3) is 0.800. The molecule has 1 aliphatic heterocycles. The second kappa shape index (κ2) is 3.19. The predicted octanol–water partition coefficient (Wildman–Crippen LogP) is 1.21. The number of aliphatic hydroxyl groups excluding tert-OH is 1. The maximum Gasteiger partial charge on any atom is 0.0779 e. The second-order valence-electron chi connectivity index (χ2n) is 3.76. The van der Waals surface area contributed by atoms with E-state index in [1.54, 1.807) is 0 Å². The van der Waals surface area contributed by atoms with Gasteiger partial charge in [0.1, 0.15) is 0 Å². The topological polar surface area (TPSA) is 32.3 Å². The zero-order valence-electron chi connectivity index (χ0n) is 7.64. The number of piperidine rings is 1. The smallest absolute Gasteiger partial charge is 0.0779 e. The summed E-state index contributed by atoms with van der Waals surface area (Å²) in [5.41, 5.74) is 2.82. The van der Waals surface area contributed by atoms with Gasteiger partial charge in [-0.2, -0.15) is 0 Å². The first-order valence-corrected chi connectivity index (χ1v) is 4.96. The molecular weight excluding hydrogens is 150 g/mol. The molecule has 1 fully saturated rings. The van der Waals surface area contributed by atoms with Crippen LogP contribution >= 0.6 is 0 Å². The number of fused-ring (bicyclic) bond motifs is 1. The lowest BCUT2D eigenvalue weighted by Gasteiger charge is -2.28. The number of hydrogen-bond donors (Lipinski definition) is 2. The Bertz CT molecular complexity index is 210. The normalized spacial score (nSPS) is 35.5. The number of nitrogens with one attached hydrogen (secondary N) is 1. The summed E-state index contributed by atoms with van der Waals surface area (Å²) in [6, 6.07) is 0.503. The highest BCUT2D eigenvalue weighted by Crippen LogP contribution is 2.33. The average Bonchev–Trinajstić information content (AvgIpc) is 2.49. The van der Waals surface area contributed by atoms with Gasteiger partial charge in [-0.3, -0.25) is 0 Å².